The van der Waals surface area contributed by atoms with Crippen molar-refractivity contribution in [1.29, 1.82) is 0 Å². The molecule has 0 aliphatic carbocycles. The van der Waals surface area contributed by atoms with Crippen molar-refractivity contribution in [1.82, 2.24) is 4.31 Å². The summed E-state index contributed by atoms with van der Waals surface area (Å²) in [6, 6.07) is 14.3. The summed E-state index contributed by atoms with van der Waals surface area (Å²) in [6.07, 6.45) is 0. The van der Waals surface area contributed by atoms with Gasteiger partial charge in [-0.2, -0.15) is 4.31 Å². The number of sulfone groups is 1. The van der Waals surface area contributed by atoms with Crippen molar-refractivity contribution in [2.24, 2.45) is 0 Å². The monoisotopic (exact) mass is 367 g/mol. The van der Waals surface area contributed by atoms with E-state index in [4.69, 9.17) is 0 Å². The lowest BCUT2D eigenvalue weighted by Gasteiger charge is -2.24. The van der Waals surface area contributed by atoms with E-state index < -0.39 is 19.9 Å². The lowest BCUT2D eigenvalue weighted by molar-refractivity contribution is 0.398. The van der Waals surface area contributed by atoms with Crippen LogP contribution in [-0.2, 0) is 19.9 Å². The minimum atomic E-state index is -3.72. The van der Waals surface area contributed by atoms with E-state index in [0.29, 0.717) is 0 Å². The Bertz CT molecular complexity index is 889. The van der Waals surface area contributed by atoms with Crippen LogP contribution in [0.4, 0.5) is 0 Å². The highest BCUT2D eigenvalue weighted by atomic mass is 32.2. The molecule has 0 radical (unpaired) electrons. The lowest BCUT2D eigenvalue weighted by Crippen LogP contribution is -2.29. The first-order valence-electron chi connectivity index (χ1n) is 7.56. The second-order valence-corrected chi connectivity index (χ2v) is 9.76. The van der Waals surface area contributed by atoms with Gasteiger partial charge in [0.1, 0.15) is 0 Å². The van der Waals surface area contributed by atoms with Gasteiger partial charge in [-0.1, -0.05) is 37.3 Å². The average Bonchev–Trinajstić information content (AvgIpc) is 2.61. The first-order chi connectivity index (χ1) is 11.2. The molecule has 5 nitrogen and oxygen atoms in total. The second-order valence-electron chi connectivity index (χ2n) is 5.48. The molecular weight excluding hydrogens is 346 g/mol. The molecule has 0 spiro atoms. The van der Waals surface area contributed by atoms with E-state index in [1.54, 1.807) is 6.92 Å². The number of nitrogens with zero attached hydrogens (tertiary/aromatic N) is 1. The maximum absolute atomic E-state index is 12.8. The van der Waals surface area contributed by atoms with Crippen LogP contribution in [0.15, 0.2) is 64.4 Å². The van der Waals surface area contributed by atoms with E-state index in [1.807, 2.05) is 37.3 Å². The van der Waals surface area contributed by atoms with Crippen LogP contribution in [0, 0.1) is 0 Å². The fourth-order valence-corrected chi connectivity index (χ4v) is 4.54. The summed E-state index contributed by atoms with van der Waals surface area (Å²) in [4.78, 5) is 0.200. The van der Waals surface area contributed by atoms with E-state index in [1.165, 1.54) is 35.6 Å². The summed E-state index contributed by atoms with van der Waals surface area (Å²) in [5, 5.41) is 0. The zero-order chi connectivity index (χ0) is 18.0. The molecule has 0 fully saturated rings. The molecule has 1 unspecified atom stereocenters. The molecule has 2 aromatic rings. The molecule has 0 saturated carbocycles. The van der Waals surface area contributed by atoms with Crippen LogP contribution >= 0.6 is 0 Å². The Morgan fingerprint density at radius 3 is 1.88 bits per heavy atom. The molecule has 0 amide bonds. The zero-order valence-corrected chi connectivity index (χ0v) is 15.5. The van der Waals surface area contributed by atoms with Crippen LogP contribution in [-0.4, -0.2) is 33.9 Å². The summed E-state index contributed by atoms with van der Waals surface area (Å²) < 4.78 is 50.4. The highest BCUT2D eigenvalue weighted by Crippen LogP contribution is 2.26. The van der Waals surface area contributed by atoms with Crippen molar-refractivity contribution in [2.45, 2.75) is 29.7 Å². The Morgan fingerprint density at radius 1 is 0.875 bits per heavy atom. The van der Waals surface area contributed by atoms with E-state index in [9.17, 15) is 16.8 Å². The van der Waals surface area contributed by atoms with Gasteiger partial charge in [-0.05, 0) is 36.8 Å². The predicted octanol–water partition coefficient (Wildman–Crippen LogP) is 2.86. The summed E-state index contributed by atoms with van der Waals surface area (Å²) in [7, 11) is -5.55. The summed E-state index contributed by atoms with van der Waals surface area (Å²) in [5.74, 6) is -0.0238. The van der Waals surface area contributed by atoms with Gasteiger partial charge in [0.05, 0.1) is 15.5 Å². The highest BCUT2D eigenvalue weighted by Gasteiger charge is 2.26. The minimum absolute atomic E-state index is 0.0238. The van der Waals surface area contributed by atoms with Gasteiger partial charge in [-0.15, -0.1) is 0 Å². The van der Waals surface area contributed by atoms with Crippen molar-refractivity contribution in [3.05, 3.63) is 60.2 Å². The molecule has 7 heteroatoms. The largest absolute Gasteiger partial charge is 0.243 e. The van der Waals surface area contributed by atoms with Gasteiger partial charge >= 0.3 is 0 Å². The lowest BCUT2D eigenvalue weighted by atomic mass is 10.1. The second kappa shape index (κ2) is 7.04. The number of sulfonamides is 1. The standard InChI is InChI=1S/C17H21NO4S2/c1-4-23(19,20)16-10-12-17(13-11-16)24(21,22)18(3)14(2)15-8-6-5-7-9-15/h5-14H,4H2,1-3H3. The van der Waals surface area contributed by atoms with Crippen LogP contribution in [0.5, 0.6) is 0 Å². The van der Waals surface area contributed by atoms with Crippen LogP contribution in [0.25, 0.3) is 0 Å². The Kier molecular flexibility index (Phi) is 5.47. The van der Waals surface area contributed by atoms with Crippen LogP contribution in [0.2, 0.25) is 0 Å². The fourth-order valence-electron chi connectivity index (χ4n) is 2.30. The molecule has 0 saturated heterocycles. The number of hydrogen-bond acceptors (Lipinski definition) is 4. The van der Waals surface area contributed by atoms with Crippen molar-refractivity contribution in [2.75, 3.05) is 12.8 Å². The van der Waals surface area contributed by atoms with Gasteiger partial charge in [-0.3, -0.25) is 0 Å². The number of benzene rings is 2. The SMILES string of the molecule is CCS(=O)(=O)c1ccc(S(=O)(=O)N(C)C(C)c2ccccc2)cc1. The van der Waals surface area contributed by atoms with E-state index in [0.717, 1.165) is 5.56 Å². The van der Waals surface area contributed by atoms with Crippen molar-refractivity contribution >= 4 is 19.9 Å². The first kappa shape index (κ1) is 18.6. The van der Waals surface area contributed by atoms with Crippen LogP contribution in [0.1, 0.15) is 25.5 Å². The summed E-state index contributed by atoms with van der Waals surface area (Å²) in [6.45, 7) is 3.36. The molecule has 0 heterocycles. The van der Waals surface area contributed by atoms with Gasteiger partial charge in [0, 0.05) is 13.1 Å². The number of rotatable bonds is 6. The maximum Gasteiger partial charge on any atom is 0.243 e. The zero-order valence-electron chi connectivity index (χ0n) is 13.9. The van der Waals surface area contributed by atoms with E-state index in [2.05, 4.69) is 0 Å². The predicted molar refractivity (Wildman–Crippen MR) is 94.0 cm³/mol. The quantitative estimate of drug-likeness (QED) is 0.787. The third-order valence-corrected chi connectivity index (χ3v) is 7.76. The molecule has 24 heavy (non-hydrogen) atoms. The van der Waals surface area contributed by atoms with Crippen LogP contribution in [0.3, 0.4) is 0 Å². The summed E-state index contributed by atoms with van der Waals surface area (Å²) >= 11 is 0. The fraction of sp³-hybridized carbons (Fsp3) is 0.294. The Morgan fingerprint density at radius 2 is 1.38 bits per heavy atom. The molecule has 1 atom stereocenters. The smallest absolute Gasteiger partial charge is 0.224 e. The molecule has 0 aliphatic rings. The van der Waals surface area contributed by atoms with Gasteiger partial charge in [0.15, 0.2) is 9.84 Å². The van der Waals surface area contributed by atoms with Crippen LogP contribution < -0.4 is 0 Å². The molecule has 0 bridgehead atoms. The molecule has 2 rings (SSSR count). The molecule has 0 N–H and O–H groups in total. The molecule has 130 valence electrons. The van der Waals surface area contributed by atoms with E-state index in [-0.39, 0.29) is 21.6 Å². The average molecular weight is 367 g/mol. The van der Waals surface area contributed by atoms with Crippen molar-refractivity contribution in [3.63, 3.8) is 0 Å². The topological polar surface area (TPSA) is 71.5 Å². The highest BCUT2D eigenvalue weighted by molar-refractivity contribution is 7.91. The van der Waals surface area contributed by atoms with Gasteiger partial charge in [0.2, 0.25) is 10.0 Å². The molecule has 0 aromatic heterocycles. The first-order valence-corrected chi connectivity index (χ1v) is 10.6. The third-order valence-electron chi connectivity index (χ3n) is 4.07. The Balaban J connectivity index is 2.33. The molecule has 0 aliphatic heterocycles. The molecular formula is C17H21NO4S2. The van der Waals surface area contributed by atoms with Gasteiger partial charge < -0.3 is 0 Å². The molecule has 2 aromatic carbocycles. The minimum Gasteiger partial charge on any atom is -0.224 e. The summed E-state index contributed by atoms with van der Waals surface area (Å²) in [5.41, 5.74) is 0.883. The van der Waals surface area contributed by atoms with Crippen molar-refractivity contribution < 1.29 is 16.8 Å². The van der Waals surface area contributed by atoms with Crippen molar-refractivity contribution in [3.8, 4) is 0 Å². The Labute approximate surface area is 143 Å². The Hall–Kier alpha value is -1.70. The van der Waals surface area contributed by atoms with Gasteiger partial charge in [-0.25, -0.2) is 16.8 Å². The van der Waals surface area contributed by atoms with E-state index >= 15 is 0 Å². The number of hydrogen-bond donors (Lipinski definition) is 0. The maximum atomic E-state index is 12.8. The normalized spacial score (nSPS) is 13.8. The third kappa shape index (κ3) is 3.68. The van der Waals surface area contributed by atoms with Gasteiger partial charge in [0.25, 0.3) is 0 Å².